The molecule has 0 saturated heterocycles. The molecule has 1 aliphatic heterocycles. The molecule has 2 amide bonds. The molecule has 6 rings (SSSR count). The van der Waals surface area contributed by atoms with Crippen molar-refractivity contribution in [3.8, 4) is 28.3 Å². The zero-order valence-electron chi connectivity index (χ0n) is 21.1. The molecule has 0 unspecified atom stereocenters. The van der Waals surface area contributed by atoms with Gasteiger partial charge in [-0.3, -0.25) is 14.6 Å². The first-order valence-corrected chi connectivity index (χ1v) is 12.6. The fourth-order valence-corrected chi connectivity index (χ4v) is 5.63. The molecule has 2 aromatic heterocycles. The minimum absolute atomic E-state index is 0.0373. The summed E-state index contributed by atoms with van der Waals surface area (Å²) in [6.45, 7) is 4.35. The first-order valence-electron chi connectivity index (χ1n) is 12.6. The van der Waals surface area contributed by atoms with Crippen molar-refractivity contribution in [2.45, 2.75) is 37.6 Å². The highest BCUT2D eigenvalue weighted by Crippen LogP contribution is 2.47. The van der Waals surface area contributed by atoms with Gasteiger partial charge in [-0.05, 0) is 67.2 Å². The van der Waals surface area contributed by atoms with Crippen molar-refractivity contribution in [1.29, 1.82) is 0 Å². The molecule has 8 nitrogen and oxygen atoms in total. The highest BCUT2D eigenvalue weighted by atomic mass is 16.5. The van der Waals surface area contributed by atoms with Crippen molar-refractivity contribution in [3.05, 3.63) is 65.5 Å². The second-order valence-corrected chi connectivity index (χ2v) is 10.1. The normalized spacial score (nSPS) is 16.3. The van der Waals surface area contributed by atoms with Crippen LogP contribution in [-0.4, -0.2) is 47.2 Å². The third-order valence-electron chi connectivity index (χ3n) is 7.73. The summed E-state index contributed by atoms with van der Waals surface area (Å²) in [4.78, 5) is 30.0. The molecule has 3 aliphatic rings. The van der Waals surface area contributed by atoms with Crippen LogP contribution in [-0.2, 0) is 35.8 Å². The summed E-state index contributed by atoms with van der Waals surface area (Å²) in [5.41, 5.74) is 8.68. The van der Waals surface area contributed by atoms with E-state index in [1.54, 1.807) is 7.11 Å². The molecule has 1 fully saturated rings. The lowest BCUT2D eigenvalue weighted by atomic mass is 9.87. The first kappa shape index (κ1) is 23.5. The number of ether oxygens (including phenoxy) is 2. The van der Waals surface area contributed by atoms with Gasteiger partial charge in [0.1, 0.15) is 12.4 Å². The Bertz CT molecular complexity index is 1450. The van der Waals surface area contributed by atoms with Crippen molar-refractivity contribution in [2.24, 2.45) is 7.05 Å². The third-order valence-corrected chi connectivity index (χ3v) is 7.73. The lowest BCUT2D eigenvalue weighted by molar-refractivity contribution is -0.111. The van der Waals surface area contributed by atoms with Gasteiger partial charge in [-0.1, -0.05) is 6.58 Å². The van der Waals surface area contributed by atoms with E-state index in [0.29, 0.717) is 24.7 Å². The monoisotopic (exact) mass is 498 g/mol. The molecule has 1 spiro atoms. The number of carbonyl (C=O) groups is 2. The van der Waals surface area contributed by atoms with E-state index in [1.165, 1.54) is 11.6 Å². The Labute approximate surface area is 215 Å². The second-order valence-electron chi connectivity index (χ2n) is 10.1. The highest BCUT2D eigenvalue weighted by molar-refractivity contribution is 6.02. The van der Waals surface area contributed by atoms with Gasteiger partial charge >= 0.3 is 0 Å². The predicted octanol–water partition coefficient (Wildman–Crippen LogP) is 3.82. The van der Waals surface area contributed by atoms with Gasteiger partial charge in [0.15, 0.2) is 0 Å². The highest BCUT2D eigenvalue weighted by Gasteiger charge is 2.50. The van der Waals surface area contributed by atoms with E-state index in [9.17, 15) is 9.59 Å². The van der Waals surface area contributed by atoms with Crippen LogP contribution in [0.5, 0.6) is 5.75 Å². The number of hydrogen-bond donors (Lipinski definition) is 2. The van der Waals surface area contributed by atoms with E-state index >= 15 is 0 Å². The summed E-state index contributed by atoms with van der Waals surface area (Å²) in [5, 5.41) is 6.11. The number of aryl methyl sites for hydroxylation is 1. The molecule has 3 heterocycles. The van der Waals surface area contributed by atoms with Gasteiger partial charge in [-0.15, -0.1) is 0 Å². The number of rotatable bonds is 7. The summed E-state index contributed by atoms with van der Waals surface area (Å²) in [5.74, 6) is 0.296. The maximum atomic E-state index is 13.1. The number of benzene rings is 1. The van der Waals surface area contributed by atoms with Crippen molar-refractivity contribution in [2.75, 3.05) is 25.6 Å². The molecular weight excluding hydrogens is 468 g/mol. The van der Waals surface area contributed by atoms with Gasteiger partial charge in [-0.2, -0.15) is 0 Å². The minimum atomic E-state index is -0.321. The molecule has 0 bridgehead atoms. The van der Waals surface area contributed by atoms with Crippen LogP contribution in [0.25, 0.3) is 22.5 Å². The first-order chi connectivity index (χ1) is 17.9. The van der Waals surface area contributed by atoms with Crippen LogP contribution in [0.1, 0.15) is 40.0 Å². The summed E-state index contributed by atoms with van der Waals surface area (Å²) < 4.78 is 13.1. The molecule has 2 aliphatic carbocycles. The van der Waals surface area contributed by atoms with E-state index in [0.717, 1.165) is 71.4 Å². The van der Waals surface area contributed by atoms with Gasteiger partial charge in [0.2, 0.25) is 5.91 Å². The molecule has 0 radical (unpaired) electrons. The number of amides is 2. The SMILES string of the molecule is C=CC(=O)Nc1cc(-c2cc3c(cn2)CCc2c4c(n(C)c2-3)CC2(CC2)NC4=O)ccc1OCCOC. The fraction of sp³-hybridized carbons (Fsp3) is 0.345. The van der Waals surface area contributed by atoms with Crippen LogP contribution in [0, 0.1) is 0 Å². The van der Waals surface area contributed by atoms with E-state index in [1.807, 2.05) is 24.4 Å². The standard InChI is InChI=1S/C29H30N4O4/c1-4-25(34)31-22-13-17(6-8-24(22)37-12-11-36-3)21-14-20-18(16-30-21)5-7-19-26-23(33(2)27(19)20)15-29(9-10-29)32-28(26)35/h4,6,8,13-14,16H,1,5,7,9-12,15H2,2-3H3,(H,31,34)(H,32,35). The van der Waals surface area contributed by atoms with Crippen LogP contribution in [0.2, 0.25) is 0 Å². The Kier molecular flexibility index (Phi) is 5.64. The third kappa shape index (κ3) is 4.01. The summed E-state index contributed by atoms with van der Waals surface area (Å²) in [7, 11) is 3.69. The van der Waals surface area contributed by atoms with Gasteiger partial charge in [-0.25, -0.2) is 0 Å². The number of pyridine rings is 1. The molecule has 1 saturated carbocycles. The second kappa shape index (κ2) is 8.88. The van der Waals surface area contributed by atoms with Crippen LogP contribution < -0.4 is 15.4 Å². The summed E-state index contributed by atoms with van der Waals surface area (Å²) >= 11 is 0. The number of nitrogens with one attached hydrogen (secondary N) is 2. The van der Waals surface area contributed by atoms with Crippen LogP contribution in [0.15, 0.2) is 43.1 Å². The van der Waals surface area contributed by atoms with E-state index < -0.39 is 0 Å². The molecule has 8 heteroatoms. The zero-order valence-corrected chi connectivity index (χ0v) is 21.1. The van der Waals surface area contributed by atoms with Crippen LogP contribution in [0.4, 0.5) is 5.69 Å². The lowest BCUT2D eigenvalue weighted by Crippen LogP contribution is -2.43. The summed E-state index contributed by atoms with van der Waals surface area (Å²) in [6, 6.07) is 7.73. The Morgan fingerprint density at radius 3 is 2.86 bits per heavy atom. The molecule has 2 N–H and O–H groups in total. The largest absolute Gasteiger partial charge is 0.489 e. The fourth-order valence-electron chi connectivity index (χ4n) is 5.63. The maximum absolute atomic E-state index is 13.1. The average molecular weight is 499 g/mol. The van der Waals surface area contributed by atoms with E-state index in [4.69, 9.17) is 14.5 Å². The minimum Gasteiger partial charge on any atom is -0.489 e. The van der Waals surface area contributed by atoms with Crippen LogP contribution >= 0.6 is 0 Å². The smallest absolute Gasteiger partial charge is 0.253 e. The Morgan fingerprint density at radius 2 is 2.11 bits per heavy atom. The number of methoxy groups -OCH3 is 1. The zero-order chi connectivity index (χ0) is 25.7. The maximum Gasteiger partial charge on any atom is 0.253 e. The number of nitrogens with zero attached hydrogens (tertiary/aromatic N) is 2. The molecular formula is C29H30N4O4. The van der Waals surface area contributed by atoms with Crippen molar-refractivity contribution < 1.29 is 19.1 Å². The molecule has 37 heavy (non-hydrogen) atoms. The molecule has 3 aromatic rings. The Hall–Kier alpha value is -3.91. The lowest BCUT2D eigenvalue weighted by Gasteiger charge is -2.24. The van der Waals surface area contributed by atoms with Gasteiger partial charge < -0.3 is 24.7 Å². The molecule has 190 valence electrons. The predicted molar refractivity (Wildman–Crippen MR) is 141 cm³/mol. The number of anilines is 1. The average Bonchev–Trinajstić information content (AvgIpc) is 3.58. The molecule has 1 aromatic carbocycles. The number of hydrogen-bond acceptors (Lipinski definition) is 5. The molecule has 0 atom stereocenters. The van der Waals surface area contributed by atoms with E-state index in [-0.39, 0.29) is 17.4 Å². The van der Waals surface area contributed by atoms with Crippen molar-refractivity contribution in [3.63, 3.8) is 0 Å². The van der Waals surface area contributed by atoms with Crippen LogP contribution in [0.3, 0.4) is 0 Å². The Balaban J connectivity index is 1.40. The van der Waals surface area contributed by atoms with Crippen molar-refractivity contribution in [1.82, 2.24) is 14.9 Å². The summed E-state index contributed by atoms with van der Waals surface area (Å²) in [6.07, 6.45) is 7.83. The van der Waals surface area contributed by atoms with E-state index in [2.05, 4.69) is 34.9 Å². The van der Waals surface area contributed by atoms with Gasteiger partial charge in [0.25, 0.3) is 5.91 Å². The Morgan fingerprint density at radius 1 is 1.27 bits per heavy atom. The topological polar surface area (TPSA) is 94.5 Å². The number of aromatic nitrogens is 2. The van der Waals surface area contributed by atoms with Crippen molar-refractivity contribution >= 4 is 17.5 Å². The van der Waals surface area contributed by atoms with Gasteiger partial charge in [0, 0.05) is 49.1 Å². The number of fused-ring (bicyclic) bond motifs is 5. The van der Waals surface area contributed by atoms with Gasteiger partial charge in [0.05, 0.1) is 29.2 Å². The quantitative estimate of drug-likeness (QED) is 0.382. The number of carbonyl (C=O) groups excluding carboxylic acids is 2.